The van der Waals surface area contributed by atoms with Gasteiger partial charge in [-0.05, 0) is 30.9 Å². The second-order valence-corrected chi connectivity index (χ2v) is 5.71. The number of nitro benzene ring substituents is 1. The van der Waals surface area contributed by atoms with Crippen molar-refractivity contribution < 1.29 is 14.8 Å². The first-order valence-electron chi connectivity index (χ1n) is 7.16. The van der Waals surface area contributed by atoms with Crippen molar-refractivity contribution in [3.63, 3.8) is 0 Å². The Kier molecular flexibility index (Phi) is 4.45. The zero-order valence-electron chi connectivity index (χ0n) is 12.3. The van der Waals surface area contributed by atoms with Crippen LogP contribution in [0, 0.1) is 16.0 Å². The number of nitrogens with zero attached hydrogens (tertiary/aromatic N) is 2. The summed E-state index contributed by atoms with van der Waals surface area (Å²) >= 11 is 0. The highest BCUT2D eigenvalue weighted by atomic mass is 16.6. The lowest BCUT2D eigenvalue weighted by Crippen LogP contribution is -2.39. The molecule has 1 aliphatic carbocycles. The van der Waals surface area contributed by atoms with Gasteiger partial charge in [0.1, 0.15) is 5.69 Å². The van der Waals surface area contributed by atoms with Gasteiger partial charge in [0.25, 0.3) is 5.69 Å². The molecule has 2 rings (SSSR count). The van der Waals surface area contributed by atoms with Gasteiger partial charge in [-0.25, -0.2) is 4.79 Å². The molecule has 6 nitrogen and oxygen atoms in total. The first-order chi connectivity index (χ1) is 9.91. The standard InChI is InChI=1S/C15H20N2O4/c1-10-5-3-4-6-12(10)16(2)14-9-11(15(18)19)7-8-13(14)17(20)21/h7-10,12H,3-6H2,1-2H3,(H,18,19). The number of carboxylic acid groups (broad SMARTS) is 1. The minimum Gasteiger partial charge on any atom is -0.478 e. The summed E-state index contributed by atoms with van der Waals surface area (Å²) in [7, 11) is 1.82. The molecule has 1 aliphatic rings. The van der Waals surface area contributed by atoms with Crippen LogP contribution in [0.5, 0.6) is 0 Å². The predicted octanol–water partition coefficient (Wildman–Crippen LogP) is 3.31. The second-order valence-electron chi connectivity index (χ2n) is 5.71. The van der Waals surface area contributed by atoms with Crippen molar-refractivity contribution in [1.82, 2.24) is 0 Å². The molecule has 114 valence electrons. The van der Waals surface area contributed by atoms with Gasteiger partial charge in [-0.1, -0.05) is 19.8 Å². The third-order valence-electron chi connectivity index (χ3n) is 4.36. The maximum absolute atomic E-state index is 11.2. The molecule has 1 aromatic carbocycles. The Morgan fingerprint density at radius 2 is 2.05 bits per heavy atom. The van der Waals surface area contributed by atoms with E-state index in [0.29, 0.717) is 11.6 Å². The molecule has 1 aromatic rings. The van der Waals surface area contributed by atoms with Crippen LogP contribution in [0.4, 0.5) is 11.4 Å². The van der Waals surface area contributed by atoms with Crippen LogP contribution in [0.3, 0.4) is 0 Å². The van der Waals surface area contributed by atoms with Gasteiger partial charge in [0.2, 0.25) is 0 Å². The number of aromatic carboxylic acids is 1. The van der Waals surface area contributed by atoms with E-state index in [2.05, 4.69) is 6.92 Å². The Hall–Kier alpha value is -2.11. The van der Waals surface area contributed by atoms with E-state index in [4.69, 9.17) is 5.11 Å². The van der Waals surface area contributed by atoms with Crippen LogP contribution < -0.4 is 4.90 Å². The molecule has 0 heterocycles. The van der Waals surface area contributed by atoms with Crippen LogP contribution in [-0.4, -0.2) is 29.1 Å². The van der Waals surface area contributed by atoms with Crippen LogP contribution in [0.15, 0.2) is 18.2 Å². The quantitative estimate of drug-likeness (QED) is 0.680. The van der Waals surface area contributed by atoms with Gasteiger partial charge < -0.3 is 10.0 Å². The average Bonchev–Trinajstić information content (AvgIpc) is 2.46. The van der Waals surface area contributed by atoms with Gasteiger partial charge >= 0.3 is 5.97 Å². The van der Waals surface area contributed by atoms with Gasteiger partial charge in [-0.3, -0.25) is 10.1 Å². The lowest BCUT2D eigenvalue weighted by molar-refractivity contribution is -0.384. The zero-order chi connectivity index (χ0) is 15.6. The van der Waals surface area contributed by atoms with Gasteiger partial charge in [-0.2, -0.15) is 0 Å². The topological polar surface area (TPSA) is 83.7 Å². The van der Waals surface area contributed by atoms with E-state index in [-0.39, 0.29) is 17.3 Å². The number of carboxylic acids is 1. The highest BCUT2D eigenvalue weighted by Gasteiger charge is 2.29. The molecule has 2 unspecified atom stereocenters. The van der Waals surface area contributed by atoms with E-state index in [1.807, 2.05) is 11.9 Å². The molecule has 0 saturated heterocycles. The summed E-state index contributed by atoms with van der Waals surface area (Å²) in [4.78, 5) is 23.7. The van der Waals surface area contributed by atoms with Crippen LogP contribution in [0.25, 0.3) is 0 Å². The normalized spacial score (nSPS) is 21.8. The Balaban J connectivity index is 2.41. The summed E-state index contributed by atoms with van der Waals surface area (Å²) in [5.41, 5.74) is 0.421. The molecule has 0 aliphatic heterocycles. The maximum Gasteiger partial charge on any atom is 0.335 e. The van der Waals surface area contributed by atoms with Crippen molar-refractivity contribution in [2.24, 2.45) is 5.92 Å². The van der Waals surface area contributed by atoms with Crippen molar-refractivity contribution >= 4 is 17.3 Å². The van der Waals surface area contributed by atoms with E-state index in [1.54, 1.807) is 0 Å². The van der Waals surface area contributed by atoms with Crippen LogP contribution in [-0.2, 0) is 0 Å². The minimum absolute atomic E-state index is 0.0414. The van der Waals surface area contributed by atoms with E-state index in [1.165, 1.54) is 24.6 Å². The van der Waals surface area contributed by atoms with Crippen molar-refractivity contribution in [3.8, 4) is 0 Å². The number of hydrogen-bond donors (Lipinski definition) is 1. The van der Waals surface area contributed by atoms with Crippen molar-refractivity contribution in [2.75, 3.05) is 11.9 Å². The fourth-order valence-electron chi connectivity index (χ4n) is 3.14. The van der Waals surface area contributed by atoms with E-state index >= 15 is 0 Å². The lowest BCUT2D eigenvalue weighted by atomic mass is 9.85. The first kappa shape index (κ1) is 15.3. The van der Waals surface area contributed by atoms with E-state index in [0.717, 1.165) is 19.3 Å². The molecule has 2 atom stereocenters. The summed E-state index contributed by atoms with van der Waals surface area (Å²) in [5, 5.41) is 20.3. The number of anilines is 1. The SMILES string of the molecule is CC1CCCCC1N(C)c1cc(C(=O)O)ccc1[N+](=O)[O-]. The van der Waals surface area contributed by atoms with Crippen molar-refractivity contribution in [3.05, 3.63) is 33.9 Å². The number of benzene rings is 1. The summed E-state index contributed by atoms with van der Waals surface area (Å²) in [6.07, 6.45) is 4.36. The number of carbonyl (C=O) groups is 1. The van der Waals surface area contributed by atoms with Crippen LogP contribution >= 0.6 is 0 Å². The Morgan fingerprint density at radius 3 is 2.62 bits per heavy atom. The van der Waals surface area contributed by atoms with Crippen molar-refractivity contribution in [2.45, 2.75) is 38.6 Å². The Bertz CT molecular complexity index is 559. The van der Waals surface area contributed by atoms with Crippen LogP contribution in [0.2, 0.25) is 0 Å². The molecule has 0 spiro atoms. The molecular weight excluding hydrogens is 272 g/mol. The van der Waals surface area contributed by atoms with Gasteiger partial charge in [0.05, 0.1) is 10.5 Å². The molecule has 21 heavy (non-hydrogen) atoms. The van der Waals surface area contributed by atoms with Gasteiger partial charge in [0.15, 0.2) is 0 Å². The second kappa shape index (κ2) is 6.11. The first-order valence-corrected chi connectivity index (χ1v) is 7.16. The van der Waals surface area contributed by atoms with Crippen LogP contribution in [0.1, 0.15) is 43.0 Å². The molecule has 1 fully saturated rings. The zero-order valence-corrected chi connectivity index (χ0v) is 12.3. The molecule has 0 amide bonds. The molecule has 0 aromatic heterocycles. The predicted molar refractivity (Wildman–Crippen MR) is 79.9 cm³/mol. The lowest BCUT2D eigenvalue weighted by Gasteiger charge is -2.37. The monoisotopic (exact) mass is 292 g/mol. The number of hydrogen-bond acceptors (Lipinski definition) is 4. The number of rotatable bonds is 4. The highest BCUT2D eigenvalue weighted by Crippen LogP contribution is 2.35. The number of nitro groups is 1. The van der Waals surface area contributed by atoms with E-state index in [9.17, 15) is 14.9 Å². The van der Waals surface area contributed by atoms with Gasteiger partial charge in [0, 0.05) is 19.2 Å². The molecule has 1 N–H and O–H groups in total. The summed E-state index contributed by atoms with van der Waals surface area (Å²) in [5.74, 6) is -0.631. The Morgan fingerprint density at radius 1 is 1.38 bits per heavy atom. The molecule has 6 heteroatoms. The largest absolute Gasteiger partial charge is 0.478 e. The molecule has 0 radical (unpaired) electrons. The summed E-state index contributed by atoms with van der Waals surface area (Å²) in [6, 6.07) is 4.17. The maximum atomic E-state index is 11.2. The minimum atomic E-state index is -1.07. The molecular formula is C15H20N2O4. The Labute approximate surface area is 123 Å². The fourth-order valence-corrected chi connectivity index (χ4v) is 3.14. The summed E-state index contributed by atoms with van der Waals surface area (Å²) in [6.45, 7) is 2.15. The average molecular weight is 292 g/mol. The third-order valence-corrected chi connectivity index (χ3v) is 4.36. The smallest absolute Gasteiger partial charge is 0.335 e. The third kappa shape index (κ3) is 3.15. The van der Waals surface area contributed by atoms with Gasteiger partial charge in [-0.15, -0.1) is 0 Å². The van der Waals surface area contributed by atoms with Crippen molar-refractivity contribution in [1.29, 1.82) is 0 Å². The fraction of sp³-hybridized carbons (Fsp3) is 0.533. The summed E-state index contributed by atoms with van der Waals surface area (Å²) < 4.78 is 0. The molecule has 1 saturated carbocycles. The van der Waals surface area contributed by atoms with E-state index < -0.39 is 10.9 Å². The highest BCUT2D eigenvalue weighted by molar-refractivity contribution is 5.90. The molecule has 0 bridgehead atoms.